The molecule has 1 aromatic carbocycles. The lowest BCUT2D eigenvalue weighted by Gasteiger charge is -2.36. The molecule has 2 aliphatic heterocycles. The van der Waals surface area contributed by atoms with Crippen molar-refractivity contribution in [2.45, 2.75) is 38.8 Å². The van der Waals surface area contributed by atoms with Gasteiger partial charge in [0.15, 0.2) is 0 Å². The third kappa shape index (κ3) is 4.02. The molecule has 0 aromatic heterocycles. The van der Waals surface area contributed by atoms with Crippen molar-refractivity contribution in [1.82, 2.24) is 15.8 Å². The zero-order valence-corrected chi connectivity index (χ0v) is 15.2. The van der Waals surface area contributed by atoms with E-state index in [4.69, 9.17) is 11.6 Å². The molecule has 2 atom stereocenters. The molecule has 2 unspecified atom stereocenters. The molecule has 24 heavy (non-hydrogen) atoms. The quantitative estimate of drug-likeness (QED) is 0.874. The van der Waals surface area contributed by atoms with Gasteiger partial charge in [-0.1, -0.05) is 17.7 Å². The van der Waals surface area contributed by atoms with E-state index in [0.29, 0.717) is 24.4 Å². The molecule has 0 bridgehead atoms. The summed E-state index contributed by atoms with van der Waals surface area (Å²) in [5, 5.41) is 0.757. The van der Waals surface area contributed by atoms with E-state index in [1.165, 1.54) is 0 Å². The molecule has 6 heteroatoms. The van der Waals surface area contributed by atoms with E-state index in [9.17, 15) is 4.79 Å². The lowest BCUT2D eigenvalue weighted by Crippen LogP contribution is -2.49. The highest BCUT2D eigenvalue weighted by atomic mass is 35.5. The Balaban J connectivity index is 1.47. The van der Waals surface area contributed by atoms with Crippen LogP contribution >= 0.6 is 11.6 Å². The Morgan fingerprint density at radius 1 is 1.17 bits per heavy atom. The summed E-state index contributed by atoms with van der Waals surface area (Å²) in [7, 11) is 0. The first-order valence-corrected chi connectivity index (χ1v) is 9.22. The maximum atomic E-state index is 12.5. The molecule has 0 saturated carbocycles. The molecule has 3 rings (SSSR count). The number of piperazine rings is 1. The number of anilines is 1. The first kappa shape index (κ1) is 17.5. The monoisotopic (exact) mass is 350 g/mol. The zero-order valence-electron chi connectivity index (χ0n) is 14.5. The van der Waals surface area contributed by atoms with Gasteiger partial charge in [-0.15, -0.1) is 0 Å². The normalized spacial score (nSPS) is 27.5. The highest BCUT2D eigenvalue weighted by molar-refractivity contribution is 6.30. The number of nitrogens with zero attached hydrogens (tertiary/aromatic N) is 2. The van der Waals surface area contributed by atoms with Gasteiger partial charge in [0.25, 0.3) is 0 Å². The van der Waals surface area contributed by atoms with Crippen LogP contribution in [0.4, 0.5) is 5.69 Å². The molecule has 0 spiro atoms. The highest BCUT2D eigenvalue weighted by Gasteiger charge is 2.30. The Morgan fingerprint density at radius 3 is 2.46 bits per heavy atom. The van der Waals surface area contributed by atoms with Crippen LogP contribution in [0.5, 0.6) is 0 Å². The van der Waals surface area contributed by atoms with Crippen LogP contribution in [0.1, 0.15) is 26.7 Å². The second kappa shape index (κ2) is 7.72. The van der Waals surface area contributed by atoms with E-state index in [-0.39, 0.29) is 5.91 Å². The number of benzene rings is 1. The van der Waals surface area contributed by atoms with Crippen molar-refractivity contribution in [3.63, 3.8) is 0 Å². The van der Waals surface area contributed by atoms with Crippen LogP contribution in [-0.2, 0) is 4.79 Å². The van der Waals surface area contributed by atoms with E-state index >= 15 is 0 Å². The summed E-state index contributed by atoms with van der Waals surface area (Å²) in [6, 6.07) is 8.77. The lowest BCUT2D eigenvalue weighted by molar-refractivity contribution is -0.131. The van der Waals surface area contributed by atoms with Gasteiger partial charge in [-0.3, -0.25) is 15.6 Å². The van der Waals surface area contributed by atoms with Crippen LogP contribution in [0.3, 0.4) is 0 Å². The number of rotatable bonds is 4. The minimum atomic E-state index is 0.284. The third-order valence-corrected chi connectivity index (χ3v) is 5.56. The molecular weight excluding hydrogens is 324 g/mol. The minimum absolute atomic E-state index is 0.284. The van der Waals surface area contributed by atoms with Crippen LogP contribution in [0.2, 0.25) is 5.02 Å². The number of carbonyl (C=O) groups excluding carboxylic acids is 1. The standard InChI is InChI=1S/C18H27ClN4O/c1-13-17(14(2)21-20-13)6-7-18(24)23-10-8-22(9-11-23)16-5-3-4-15(19)12-16/h3-5,12-14,17,20-21H,6-11H2,1-2H3. The number of nitrogens with one attached hydrogen (secondary N) is 2. The fraction of sp³-hybridized carbons (Fsp3) is 0.611. The lowest BCUT2D eigenvalue weighted by atomic mass is 9.91. The molecule has 2 aliphatic rings. The maximum Gasteiger partial charge on any atom is 0.222 e. The number of carbonyl (C=O) groups is 1. The molecular formula is C18H27ClN4O. The SMILES string of the molecule is CC1NNC(C)C1CCC(=O)N1CCN(c2cccc(Cl)c2)CC1. The maximum absolute atomic E-state index is 12.5. The average molecular weight is 351 g/mol. The van der Waals surface area contributed by atoms with Gasteiger partial charge in [0.2, 0.25) is 5.91 Å². The van der Waals surface area contributed by atoms with Crippen LogP contribution < -0.4 is 15.8 Å². The number of hydrazine groups is 1. The first-order valence-electron chi connectivity index (χ1n) is 8.84. The van der Waals surface area contributed by atoms with Gasteiger partial charge in [0.1, 0.15) is 0 Å². The van der Waals surface area contributed by atoms with E-state index in [0.717, 1.165) is 43.3 Å². The molecule has 1 amide bonds. The van der Waals surface area contributed by atoms with Gasteiger partial charge in [0.05, 0.1) is 0 Å². The Kier molecular flexibility index (Phi) is 5.64. The summed E-state index contributed by atoms with van der Waals surface area (Å²) >= 11 is 6.07. The van der Waals surface area contributed by atoms with Crippen molar-refractivity contribution in [3.8, 4) is 0 Å². The van der Waals surface area contributed by atoms with Crippen molar-refractivity contribution in [2.24, 2.45) is 5.92 Å². The Bertz CT molecular complexity index is 564. The van der Waals surface area contributed by atoms with Crippen LogP contribution in [0.25, 0.3) is 0 Å². The van der Waals surface area contributed by atoms with E-state index < -0.39 is 0 Å². The predicted molar refractivity (Wildman–Crippen MR) is 98.2 cm³/mol. The van der Waals surface area contributed by atoms with Crippen molar-refractivity contribution in [2.75, 3.05) is 31.1 Å². The summed E-state index contributed by atoms with van der Waals surface area (Å²) in [6.07, 6.45) is 1.58. The van der Waals surface area contributed by atoms with Crippen molar-refractivity contribution < 1.29 is 4.79 Å². The van der Waals surface area contributed by atoms with Crippen molar-refractivity contribution >= 4 is 23.2 Å². The molecule has 2 fully saturated rings. The fourth-order valence-electron chi connectivity index (χ4n) is 3.75. The topological polar surface area (TPSA) is 47.6 Å². The van der Waals surface area contributed by atoms with E-state index in [1.54, 1.807) is 0 Å². The third-order valence-electron chi connectivity index (χ3n) is 5.32. The molecule has 2 N–H and O–H groups in total. The van der Waals surface area contributed by atoms with Gasteiger partial charge < -0.3 is 9.80 Å². The highest BCUT2D eigenvalue weighted by Crippen LogP contribution is 2.23. The second-order valence-corrected chi connectivity index (χ2v) is 7.35. The predicted octanol–water partition coefficient (Wildman–Crippen LogP) is 2.27. The largest absolute Gasteiger partial charge is 0.368 e. The number of hydrogen-bond acceptors (Lipinski definition) is 4. The zero-order chi connectivity index (χ0) is 17.1. The molecule has 1 aromatic rings. The number of amides is 1. The summed E-state index contributed by atoms with van der Waals surface area (Å²) < 4.78 is 0. The molecule has 0 radical (unpaired) electrons. The summed E-state index contributed by atoms with van der Waals surface area (Å²) in [5.74, 6) is 0.800. The molecule has 0 aliphatic carbocycles. The van der Waals surface area contributed by atoms with Gasteiger partial charge in [-0.2, -0.15) is 0 Å². The summed E-state index contributed by atoms with van der Waals surface area (Å²) in [5.41, 5.74) is 7.66. The average Bonchev–Trinajstić information content (AvgIpc) is 2.91. The van der Waals surface area contributed by atoms with Crippen LogP contribution in [-0.4, -0.2) is 49.1 Å². The van der Waals surface area contributed by atoms with Gasteiger partial charge in [0, 0.05) is 55.4 Å². The molecule has 2 heterocycles. The molecule has 5 nitrogen and oxygen atoms in total. The summed E-state index contributed by atoms with van der Waals surface area (Å²) in [6.45, 7) is 7.66. The second-order valence-electron chi connectivity index (χ2n) is 6.92. The van der Waals surface area contributed by atoms with Gasteiger partial charge in [-0.05, 0) is 44.4 Å². The molecule has 132 valence electrons. The summed E-state index contributed by atoms with van der Waals surface area (Å²) in [4.78, 5) is 16.8. The first-order chi connectivity index (χ1) is 11.5. The van der Waals surface area contributed by atoms with Crippen molar-refractivity contribution in [1.29, 1.82) is 0 Å². The molecule has 2 saturated heterocycles. The number of hydrogen-bond donors (Lipinski definition) is 2. The Morgan fingerprint density at radius 2 is 1.83 bits per heavy atom. The smallest absolute Gasteiger partial charge is 0.222 e. The Labute approximate surface area is 149 Å². The van der Waals surface area contributed by atoms with Gasteiger partial charge >= 0.3 is 0 Å². The van der Waals surface area contributed by atoms with Crippen molar-refractivity contribution in [3.05, 3.63) is 29.3 Å². The van der Waals surface area contributed by atoms with Crippen LogP contribution in [0, 0.1) is 5.92 Å². The minimum Gasteiger partial charge on any atom is -0.368 e. The Hall–Kier alpha value is -1.30. The van der Waals surface area contributed by atoms with Gasteiger partial charge in [-0.25, -0.2) is 0 Å². The van der Waals surface area contributed by atoms with E-state index in [2.05, 4.69) is 35.7 Å². The van der Waals surface area contributed by atoms with Crippen LogP contribution in [0.15, 0.2) is 24.3 Å². The van der Waals surface area contributed by atoms with E-state index in [1.807, 2.05) is 23.1 Å². The fourth-order valence-corrected chi connectivity index (χ4v) is 3.93. The number of halogens is 1.